The zero-order valence-corrected chi connectivity index (χ0v) is 7.54. The van der Waals surface area contributed by atoms with E-state index in [0.717, 1.165) is 0 Å². The van der Waals surface area contributed by atoms with Gasteiger partial charge in [-0.05, 0) is 19.1 Å². The summed E-state index contributed by atoms with van der Waals surface area (Å²) in [6, 6.07) is 2.58. The van der Waals surface area contributed by atoms with E-state index in [1.54, 1.807) is 13.0 Å². The van der Waals surface area contributed by atoms with E-state index < -0.39 is 17.6 Å². The summed E-state index contributed by atoms with van der Waals surface area (Å²) in [6.45, 7) is 1.67. The molecule has 0 bridgehead atoms. The van der Waals surface area contributed by atoms with Crippen molar-refractivity contribution in [1.82, 2.24) is 0 Å². The van der Waals surface area contributed by atoms with E-state index in [1.165, 1.54) is 13.2 Å². The highest BCUT2D eigenvalue weighted by Gasteiger charge is 2.14. The Hall–Kier alpha value is -1.29. The molecule has 0 aliphatic carbocycles. The third kappa shape index (κ3) is 1.72. The van der Waals surface area contributed by atoms with E-state index in [4.69, 9.17) is 5.73 Å². The highest BCUT2D eigenvalue weighted by molar-refractivity contribution is 5.42. The number of rotatable bonds is 2. The number of ether oxygens (including phenoxy) is 1. The number of halogens is 1. The first-order valence-electron chi connectivity index (χ1n) is 3.89. The van der Waals surface area contributed by atoms with Crippen molar-refractivity contribution in [1.29, 1.82) is 0 Å². The molecular weight excluding hydrogens is 173 g/mol. The number of phenols is 1. The van der Waals surface area contributed by atoms with Crippen LogP contribution in [0.2, 0.25) is 0 Å². The maximum atomic E-state index is 13.2. The fourth-order valence-corrected chi connectivity index (χ4v) is 1.09. The van der Waals surface area contributed by atoms with Crippen molar-refractivity contribution >= 4 is 0 Å². The number of hydrogen-bond donors (Lipinski definition) is 2. The van der Waals surface area contributed by atoms with Crippen LogP contribution >= 0.6 is 0 Å². The lowest BCUT2D eigenvalue weighted by Gasteiger charge is -2.10. The highest BCUT2D eigenvalue weighted by Crippen LogP contribution is 2.31. The summed E-state index contributed by atoms with van der Waals surface area (Å²) < 4.78 is 17.9. The monoisotopic (exact) mass is 185 g/mol. The average Bonchev–Trinajstić information content (AvgIpc) is 2.09. The summed E-state index contributed by atoms with van der Waals surface area (Å²) in [5.41, 5.74) is 5.88. The fraction of sp³-hybridized carbons (Fsp3) is 0.333. The molecule has 13 heavy (non-hydrogen) atoms. The van der Waals surface area contributed by atoms with Crippen LogP contribution in [-0.4, -0.2) is 12.2 Å². The van der Waals surface area contributed by atoms with Gasteiger partial charge in [-0.1, -0.05) is 0 Å². The van der Waals surface area contributed by atoms with Crippen LogP contribution in [0.1, 0.15) is 18.5 Å². The highest BCUT2D eigenvalue weighted by atomic mass is 19.1. The van der Waals surface area contributed by atoms with E-state index in [0.29, 0.717) is 5.56 Å². The van der Waals surface area contributed by atoms with Gasteiger partial charge < -0.3 is 15.6 Å². The summed E-state index contributed by atoms with van der Waals surface area (Å²) in [5.74, 6) is -1.19. The molecule has 0 heterocycles. The molecule has 3 nitrogen and oxygen atoms in total. The molecule has 0 unspecified atom stereocenters. The summed E-state index contributed by atoms with van der Waals surface area (Å²) in [4.78, 5) is 0. The quantitative estimate of drug-likeness (QED) is 0.735. The van der Waals surface area contributed by atoms with Crippen LogP contribution in [0.25, 0.3) is 0 Å². The molecular formula is C9H12FNO2. The topological polar surface area (TPSA) is 55.5 Å². The molecule has 0 fully saturated rings. The van der Waals surface area contributed by atoms with Gasteiger partial charge in [0.25, 0.3) is 0 Å². The second-order valence-corrected chi connectivity index (χ2v) is 2.81. The molecule has 0 aliphatic rings. The van der Waals surface area contributed by atoms with Gasteiger partial charge in [-0.2, -0.15) is 4.39 Å². The lowest BCUT2D eigenvalue weighted by molar-refractivity contribution is 0.361. The van der Waals surface area contributed by atoms with Crippen LogP contribution < -0.4 is 10.5 Å². The Bertz CT molecular complexity index is 313. The first-order chi connectivity index (χ1) is 6.07. The lowest BCUT2D eigenvalue weighted by Crippen LogP contribution is -2.06. The second kappa shape index (κ2) is 3.62. The van der Waals surface area contributed by atoms with Gasteiger partial charge in [0.15, 0.2) is 11.5 Å². The molecule has 3 N–H and O–H groups in total. The summed E-state index contributed by atoms with van der Waals surface area (Å²) >= 11 is 0. The third-order valence-electron chi connectivity index (χ3n) is 1.82. The minimum Gasteiger partial charge on any atom is -0.504 e. The Morgan fingerprint density at radius 1 is 1.54 bits per heavy atom. The van der Waals surface area contributed by atoms with Gasteiger partial charge in [0.1, 0.15) is 0 Å². The van der Waals surface area contributed by atoms with Crippen molar-refractivity contribution in [3.8, 4) is 11.5 Å². The smallest absolute Gasteiger partial charge is 0.206 e. The Labute approximate surface area is 75.9 Å². The van der Waals surface area contributed by atoms with E-state index >= 15 is 0 Å². The van der Waals surface area contributed by atoms with Gasteiger partial charge in [-0.15, -0.1) is 0 Å². The molecule has 1 rings (SSSR count). The molecule has 1 aromatic rings. The van der Waals surface area contributed by atoms with Crippen LogP contribution in [-0.2, 0) is 0 Å². The Morgan fingerprint density at radius 3 is 2.62 bits per heavy atom. The van der Waals surface area contributed by atoms with Crippen molar-refractivity contribution < 1.29 is 14.2 Å². The van der Waals surface area contributed by atoms with Gasteiger partial charge in [-0.25, -0.2) is 0 Å². The standard InChI is InChI=1S/C9H12FNO2/c1-5(11)6-3-4-7(13-2)8(10)9(6)12/h3-5,12H,11H2,1-2H3/t5-/m1/s1. The summed E-state index contributed by atoms with van der Waals surface area (Å²) in [7, 11) is 1.34. The number of benzene rings is 1. The largest absolute Gasteiger partial charge is 0.504 e. The Kier molecular flexibility index (Phi) is 2.72. The van der Waals surface area contributed by atoms with E-state index in [2.05, 4.69) is 4.74 Å². The molecule has 0 spiro atoms. The number of aromatic hydroxyl groups is 1. The molecule has 0 aliphatic heterocycles. The molecule has 72 valence electrons. The molecule has 0 amide bonds. The maximum Gasteiger partial charge on any atom is 0.206 e. The van der Waals surface area contributed by atoms with Crippen LogP contribution in [0.3, 0.4) is 0 Å². The van der Waals surface area contributed by atoms with E-state index in [9.17, 15) is 9.50 Å². The van der Waals surface area contributed by atoms with Crippen molar-refractivity contribution in [2.24, 2.45) is 5.73 Å². The van der Waals surface area contributed by atoms with Gasteiger partial charge in [-0.3, -0.25) is 0 Å². The Balaban J connectivity index is 3.23. The van der Waals surface area contributed by atoms with E-state index in [1.807, 2.05) is 0 Å². The minimum absolute atomic E-state index is 0.0156. The van der Waals surface area contributed by atoms with Crippen LogP contribution in [0.5, 0.6) is 11.5 Å². The van der Waals surface area contributed by atoms with Crippen LogP contribution in [0, 0.1) is 5.82 Å². The van der Waals surface area contributed by atoms with Gasteiger partial charge in [0, 0.05) is 11.6 Å². The van der Waals surface area contributed by atoms with Crippen molar-refractivity contribution in [2.75, 3.05) is 7.11 Å². The maximum absolute atomic E-state index is 13.2. The normalized spacial score (nSPS) is 12.6. The molecule has 0 aromatic heterocycles. The Morgan fingerprint density at radius 2 is 2.15 bits per heavy atom. The number of methoxy groups -OCH3 is 1. The molecule has 0 saturated carbocycles. The van der Waals surface area contributed by atoms with Gasteiger partial charge in [0.2, 0.25) is 5.82 Å². The molecule has 1 atom stereocenters. The van der Waals surface area contributed by atoms with Crippen molar-refractivity contribution in [3.63, 3.8) is 0 Å². The zero-order chi connectivity index (χ0) is 10.0. The second-order valence-electron chi connectivity index (χ2n) is 2.81. The predicted molar refractivity (Wildman–Crippen MR) is 47.2 cm³/mol. The fourth-order valence-electron chi connectivity index (χ4n) is 1.09. The lowest BCUT2D eigenvalue weighted by atomic mass is 10.1. The van der Waals surface area contributed by atoms with Crippen LogP contribution in [0.4, 0.5) is 4.39 Å². The average molecular weight is 185 g/mol. The molecule has 1 aromatic carbocycles. The third-order valence-corrected chi connectivity index (χ3v) is 1.82. The number of nitrogens with two attached hydrogens (primary N) is 1. The number of phenolic OH excluding ortho intramolecular Hbond substituents is 1. The van der Waals surface area contributed by atoms with Gasteiger partial charge >= 0.3 is 0 Å². The van der Waals surface area contributed by atoms with Crippen LogP contribution in [0.15, 0.2) is 12.1 Å². The van der Waals surface area contributed by atoms with Crippen molar-refractivity contribution in [2.45, 2.75) is 13.0 Å². The summed E-state index contributed by atoms with van der Waals surface area (Å²) in [6.07, 6.45) is 0. The molecule has 0 saturated heterocycles. The number of hydrogen-bond acceptors (Lipinski definition) is 3. The molecule has 4 heteroatoms. The molecule has 0 radical (unpaired) electrons. The van der Waals surface area contributed by atoms with E-state index in [-0.39, 0.29) is 5.75 Å². The first kappa shape index (κ1) is 9.80. The minimum atomic E-state index is -0.766. The SMILES string of the molecule is COc1ccc([C@@H](C)N)c(O)c1F. The zero-order valence-electron chi connectivity index (χ0n) is 7.54. The van der Waals surface area contributed by atoms with Crippen molar-refractivity contribution in [3.05, 3.63) is 23.5 Å². The predicted octanol–water partition coefficient (Wildman–Crippen LogP) is 1.56. The van der Waals surface area contributed by atoms with Gasteiger partial charge in [0.05, 0.1) is 7.11 Å². The first-order valence-corrected chi connectivity index (χ1v) is 3.89. The summed E-state index contributed by atoms with van der Waals surface area (Å²) in [5, 5.41) is 9.34.